The predicted molar refractivity (Wildman–Crippen MR) is 91.5 cm³/mol. The van der Waals surface area contributed by atoms with Gasteiger partial charge in [0.2, 0.25) is 0 Å². The fraction of sp³-hybridized carbons (Fsp3) is 0.647. The van der Waals surface area contributed by atoms with Crippen molar-refractivity contribution in [3.63, 3.8) is 0 Å². The molecule has 1 fully saturated rings. The first kappa shape index (κ1) is 15.8. The maximum absolute atomic E-state index is 3.63. The molecule has 1 aliphatic heterocycles. The minimum Gasteiger partial charge on any atom is -0.371 e. The van der Waals surface area contributed by atoms with E-state index >= 15 is 0 Å². The predicted octanol–water partition coefficient (Wildman–Crippen LogP) is 4.75. The average molecular weight is 339 g/mol. The highest BCUT2D eigenvalue weighted by Gasteiger charge is 2.35. The summed E-state index contributed by atoms with van der Waals surface area (Å²) >= 11 is 3.63. The fourth-order valence-electron chi connectivity index (χ4n) is 3.28. The topological polar surface area (TPSA) is 15.3 Å². The van der Waals surface area contributed by atoms with Crippen molar-refractivity contribution in [3.8, 4) is 0 Å². The molecule has 0 aromatic heterocycles. The van der Waals surface area contributed by atoms with Crippen molar-refractivity contribution in [1.82, 2.24) is 5.32 Å². The minimum absolute atomic E-state index is 0.386. The molecule has 0 saturated carbocycles. The van der Waals surface area contributed by atoms with Crippen molar-refractivity contribution >= 4 is 21.6 Å². The maximum atomic E-state index is 3.63. The third kappa shape index (κ3) is 3.04. The molecule has 1 saturated heterocycles. The summed E-state index contributed by atoms with van der Waals surface area (Å²) < 4.78 is 1.17. The van der Waals surface area contributed by atoms with Gasteiger partial charge in [0.1, 0.15) is 0 Å². The Bertz CT molecular complexity index is 454. The normalized spacial score (nSPS) is 19.4. The molecule has 0 spiro atoms. The van der Waals surface area contributed by atoms with Gasteiger partial charge in [-0.3, -0.25) is 0 Å². The molecule has 0 aliphatic carbocycles. The Morgan fingerprint density at radius 3 is 2.60 bits per heavy atom. The molecular formula is C17H27BrN2. The number of rotatable bonds is 5. The first-order chi connectivity index (χ1) is 9.55. The summed E-state index contributed by atoms with van der Waals surface area (Å²) in [6.07, 6.45) is 3.88. The van der Waals surface area contributed by atoms with E-state index in [0.717, 1.165) is 0 Å². The van der Waals surface area contributed by atoms with Crippen molar-refractivity contribution in [2.75, 3.05) is 25.0 Å². The Morgan fingerprint density at radius 1 is 1.35 bits per heavy atom. The number of halogens is 1. The molecule has 0 radical (unpaired) electrons. The molecule has 3 heteroatoms. The van der Waals surface area contributed by atoms with Gasteiger partial charge >= 0.3 is 0 Å². The van der Waals surface area contributed by atoms with E-state index in [2.05, 4.69) is 65.1 Å². The van der Waals surface area contributed by atoms with E-state index in [1.165, 1.54) is 48.1 Å². The van der Waals surface area contributed by atoms with Gasteiger partial charge in [-0.1, -0.05) is 35.8 Å². The molecule has 112 valence electrons. The summed E-state index contributed by atoms with van der Waals surface area (Å²) in [7, 11) is 2.03. The van der Waals surface area contributed by atoms with E-state index in [1.54, 1.807) is 0 Å². The van der Waals surface area contributed by atoms with Crippen LogP contribution in [0, 0.1) is 5.41 Å². The lowest BCUT2D eigenvalue weighted by atomic mass is 9.82. The molecule has 1 atom stereocenters. The summed E-state index contributed by atoms with van der Waals surface area (Å²) in [4.78, 5) is 2.58. The highest BCUT2D eigenvalue weighted by molar-refractivity contribution is 9.10. The second-order valence-electron chi connectivity index (χ2n) is 6.09. The van der Waals surface area contributed by atoms with E-state index in [4.69, 9.17) is 0 Å². The van der Waals surface area contributed by atoms with Crippen LogP contribution < -0.4 is 10.2 Å². The van der Waals surface area contributed by atoms with Gasteiger partial charge in [-0.05, 0) is 56.3 Å². The molecule has 1 heterocycles. The van der Waals surface area contributed by atoms with E-state index in [9.17, 15) is 0 Å². The standard InChI is InChI=1S/C17H27BrN2/c1-5-17(6-2)9-10-20(12-17)16-11-14(18)7-8-15(16)13(3)19-4/h7-8,11,13,19H,5-6,9-10,12H2,1-4H3. The number of hydrogen-bond acceptors (Lipinski definition) is 2. The molecule has 1 unspecified atom stereocenters. The van der Waals surface area contributed by atoms with Crippen molar-refractivity contribution in [2.24, 2.45) is 5.41 Å². The van der Waals surface area contributed by atoms with Crippen LogP contribution in [0.5, 0.6) is 0 Å². The van der Waals surface area contributed by atoms with Gasteiger partial charge in [0, 0.05) is 29.3 Å². The quantitative estimate of drug-likeness (QED) is 0.833. The second-order valence-corrected chi connectivity index (χ2v) is 7.01. The first-order valence-corrected chi connectivity index (χ1v) is 8.56. The van der Waals surface area contributed by atoms with Crippen LogP contribution in [0.1, 0.15) is 51.6 Å². The molecule has 2 rings (SSSR count). The molecule has 1 aromatic carbocycles. The molecule has 0 amide bonds. The zero-order valence-electron chi connectivity index (χ0n) is 13.2. The van der Waals surface area contributed by atoms with Gasteiger partial charge in [0.15, 0.2) is 0 Å². The van der Waals surface area contributed by atoms with Crippen LogP contribution in [0.3, 0.4) is 0 Å². The van der Waals surface area contributed by atoms with Crippen molar-refractivity contribution in [3.05, 3.63) is 28.2 Å². The molecule has 1 N–H and O–H groups in total. The van der Waals surface area contributed by atoms with Crippen molar-refractivity contribution < 1.29 is 0 Å². The lowest BCUT2D eigenvalue weighted by Crippen LogP contribution is -2.28. The van der Waals surface area contributed by atoms with Crippen LogP contribution in [-0.2, 0) is 0 Å². The monoisotopic (exact) mass is 338 g/mol. The van der Waals surface area contributed by atoms with E-state index in [-0.39, 0.29) is 0 Å². The summed E-state index contributed by atoms with van der Waals surface area (Å²) in [6, 6.07) is 7.06. The minimum atomic E-state index is 0.386. The zero-order chi connectivity index (χ0) is 14.8. The van der Waals surface area contributed by atoms with E-state index in [1.807, 2.05) is 7.05 Å². The molecule has 2 nitrogen and oxygen atoms in total. The number of nitrogens with one attached hydrogen (secondary N) is 1. The fourth-order valence-corrected chi connectivity index (χ4v) is 3.63. The van der Waals surface area contributed by atoms with E-state index in [0.29, 0.717) is 11.5 Å². The Hall–Kier alpha value is -0.540. The van der Waals surface area contributed by atoms with Crippen molar-refractivity contribution in [1.29, 1.82) is 0 Å². The Balaban J connectivity index is 2.31. The Labute approximate surface area is 132 Å². The maximum Gasteiger partial charge on any atom is 0.0426 e. The number of anilines is 1. The van der Waals surface area contributed by atoms with Crippen LogP contribution >= 0.6 is 15.9 Å². The third-order valence-electron chi connectivity index (χ3n) is 5.17. The summed E-state index contributed by atoms with van der Waals surface area (Å²) in [6.45, 7) is 9.28. The summed E-state index contributed by atoms with van der Waals surface area (Å²) in [5.74, 6) is 0. The smallest absolute Gasteiger partial charge is 0.0426 e. The SMILES string of the molecule is CCC1(CC)CCN(c2cc(Br)ccc2C(C)NC)C1. The van der Waals surface area contributed by atoms with Crippen LogP contribution in [0.25, 0.3) is 0 Å². The van der Waals surface area contributed by atoms with Crippen molar-refractivity contribution in [2.45, 2.75) is 46.1 Å². The van der Waals surface area contributed by atoms with Crippen LogP contribution in [0.2, 0.25) is 0 Å². The van der Waals surface area contributed by atoms with Gasteiger partial charge in [-0.15, -0.1) is 0 Å². The molecule has 20 heavy (non-hydrogen) atoms. The Kier molecular flexibility index (Phi) is 5.14. The van der Waals surface area contributed by atoms with Gasteiger partial charge in [0.05, 0.1) is 0 Å². The molecule has 1 aliphatic rings. The van der Waals surface area contributed by atoms with Gasteiger partial charge in [-0.25, -0.2) is 0 Å². The average Bonchev–Trinajstić information content (AvgIpc) is 2.91. The zero-order valence-corrected chi connectivity index (χ0v) is 14.8. The van der Waals surface area contributed by atoms with Crippen LogP contribution in [0.15, 0.2) is 22.7 Å². The van der Waals surface area contributed by atoms with Crippen LogP contribution in [-0.4, -0.2) is 20.1 Å². The highest BCUT2D eigenvalue weighted by atomic mass is 79.9. The van der Waals surface area contributed by atoms with E-state index < -0.39 is 0 Å². The summed E-state index contributed by atoms with van der Waals surface area (Å²) in [5.41, 5.74) is 3.31. The summed E-state index contributed by atoms with van der Waals surface area (Å²) in [5, 5.41) is 3.37. The highest BCUT2D eigenvalue weighted by Crippen LogP contribution is 2.41. The lowest BCUT2D eigenvalue weighted by molar-refractivity contribution is 0.301. The first-order valence-electron chi connectivity index (χ1n) is 7.77. The van der Waals surface area contributed by atoms with Crippen LogP contribution in [0.4, 0.5) is 5.69 Å². The second kappa shape index (κ2) is 6.48. The van der Waals surface area contributed by atoms with Gasteiger partial charge in [0.25, 0.3) is 0 Å². The number of nitrogens with zero attached hydrogens (tertiary/aromatic N) is 1. The number of hydrogen-bond donors (Lipinski definition) is 1. The number of benzene rings is 1. The molecule has 0 bridgehead atoms. The molecular weight excluding hydrogens is 312 g/mol. The largest absolute Gasteiger partial charge is 0.371 e. The Morgan fingerprint density at radius 2 is 2.05 bits per heavy atom. The lowest BCUT2D eigenvalue weighted by Gasteiger charge is -2.29. The van der Waals surface area contributed by atoms with Gasteiger partial charge in [-0.2, -0.15) is 0 Å². The third-order valence-corrected chi connectivity index (χ3v) is 5.66. The van der Waals surface area contributed by atoms with Gasteiger partial charge < -0.3 is 10.2 Å². The molecule has 1 aromatic rings.